The summed E-state index contributed by atoms with van der Waals surface area (Å²) in [6, 6.07) is 15.4. The van der Waals surface area contributed by atoms with Gasteiger partial charge in [0.2, 0.25) is 11.7 Å². The van der Waals surface area contributed by atoms with Crippen molar-refractivity contribution in [3.05, 3.63) is 72.6 Å². The van der Waals surface area contributed by atoms with Gasteiger partial charge in [0, 0.05) is 36.0 Å². The predicted octanol–water partition coefficient (Wildman–Crippen LogP) is 4.27. The predicted molar refractivity (Wildman–Crippen MR) is 178 cm³/mol. The van der Waals surface area contributed by atoms with Gasteiger partial charge in [0.25, 0.3) is 5.91 Å². The number of nitrogens with two attached hydrogens (primary N) is 2. The lowest BCUT2D eigenvalue weighted by Gasteiger charge is -2.32. The number of amides is 3. The van der Waals surface area contributed by atoms with Crippen molar-refractivity contribution in [2.24, 2.45) is 17.6 Å². The van der Waals surface area contributed by atoms with Crippen molar-refractivity contribution in [3.63, 3.8) is 0 Å². The number of imide groups is 1. The molecule has 1 aliphatic carbocycles. The number of nitrogen functional groups attached to an aromatic ring is 1. The Balaban J connectivity index is 1.31. The molecule has 47 heavy (non-hydrogen) atoms. The summed E-state index contributed by atoms with van der Waals surface area (Å²) in [6.45, 7) is 5.91. The number of alkyl carbamates (subject to hydrolysis) is 1. The molecular formula is C34H41N9O4. The zero-order chi connectivity index (χ0) is 33.6. The zero-order valence-electron chi connectivity index (χ0n) is 26.8. The molecule has 1 fully saturated rings. The Morgan fingerprint density at radius 3 is 2.40 bits per heavy atom. The van der Waals surface area contributed by atoms with Crippen LogP contribution in [0.3, 0.4) is 0 Å². The number of rotatable bonds is 9. The van der Waals surface area contributed by atoms with E-state index in [0.717, 1.165) is 29.5 Å². The Morgan fingerprint density at radius 2 is 1.74 bits per heavy atom. The summed E-state index contributed by atoms with van der Waals surface area (Å²) >= 11 is 0. The summed E-state index contributed by atoms with van der Waals surface area (Å²) in [7, 11) is 0. The molecule has 4 aromatic rings. The first kappa shape index (κ1) is 33.2. The molecule has 0 bridgehead atoms. The quantitative estimate of drug-likeness (QED) is 0.205. The van der Waals surface area contributed by atoms with Gasteiger partial charge in [-0.2, -0.15) is 5.21 Å². The first-order valence-corrected chi connectivity index (χ1v) is 15.7. The first-order valence-electron chi connectivity index (χ1n) is 15.7. The SMILES string of the molecule is CC(C)(C)OC(=O)NCC1CCC(C(=O)N(C(=O)[C@@H](N)Cc2cccc(-c3cncc(N)c3)c2)c2ccc(-c3nn[nH]n3)cc2)CC1. The van der Waals surface area contributed by atoms with Crippen LogP contribution in [-0.4, -0.2) is 61.7 Å². The molecule has 1 aliphatic rings. The van der Waals surface area contributed by atoms with Gasteiger partial charge in [-0.05, 0) is 105 Å². The number of nitrogens with zero attached hydrogens (tertiary/aromatic N) is 5. The molecule has 5 rings (SSSR count). The number of H-pyrrole nitrogens is 1. The van der Waals surface area contributed by atoms with Crippen LogP contribution in [0.15, 0.2) is 67.0 Å². The van der Waals surface area contributed by atoms with Crippen molar-refractivity contribution >= 4 is 29.3 Å². The molecular weight excluding hydrogens is 598 g/mol. The third kappa shape index (κ3) is 8.76. The maximum atomic E-state index is 14.1. The standard InChI is InChI=1S/C34H41N9O4/c1-34(2,3)47-33(46)38-18-21-7-9-24(10-8-21)31(44)43(28-13-11-23(12-14-28)30-39-41-42-40-30)32(45)29(36)16-22-5-4-6-25(15-22)26-17-27(35)20-37-19-26/h4-6,11-15,17,19-21,24,29H,7-10,16,18,35-36H2,1-3H3,(H,38,46)(H,39,40,41,42)/t21?,24?,29-/m0/s1. The minimum Gasteiger partial charge on any atom is -0.444 e. The summed E-state index contributed by atoms with van der Waals surface area (Å²) in [6.07, 6.45) is 5.67. The lowest BCUT2D eigenvalue weighted by Crippen LogP contribution is -2.50. The number of hydrogen-bond donors (Lipinski definition) is 4. The molecule has 0 saturated heterocycles. The molecule has 1 atom stereocenters. The minimum absolute atomic E-state index is 0.203. The van der Waals surface area contributed by atoms with Crippen molar-refractivity contribution in [1.82, 2.24) is 30.9 Å². The van der Waals surface area contributed by atoms with E-state index in [1.54, 1.807) is 36.7 Å². The molecule has 0 aliphatic heterocycles. The summed E-state index contributed by atoms with van der Waals surface area (Å²) < 4.78 is 5.34. The van der Waals surface area contributed by atoms with Crippen LogP contribution in [0.4, 0.5) is 16.2 Å². The smallest absolute Gasteiger partial charge is 0.407 e. The largest absolute Gasteiger partial charge is 0.444 e. The Kier molecular flexibility index (Phi) is 10.2. The van der Waals surface area contributed by atoms with E-state index in [1.165, 1.54) is 4.90 Å². The third-order valence-corrected chi connectivity index (χ3v) is 8.09. The van der Waals surface area contributed by atoms with E-state index in [4.69, 9.17) is 16.2 Å². The van der Waals surface area contributed by atoms with Crippen LogP contribution >= 0.6 is 0 Å². The number of tetrazole rings is 1. The van der Waals surface area contributed by atoms with Crippen LogP contribution in [-0.2, 0) is 20.7 Å². The number of benzene rings is 2. The normalized spacial score (nSPS) is 17.0. The van der Waals surface area contributed by atoms with Gasteiger partial charge in [0.1, 0.15) is 5.60 Å². The molecule has 2 aromatic carbocycles. The van der Waals surface area contributed by atoms with Gasteiger partial charge in [0.15, 0.2) is 0 Å². The fourth-order valence-electron chi connectivity index (χ4n) is 5.75. The Bertz CT molecular complexity index is 1680. The van der Waals surface area contributed by atoms with Crippen LogP contribution in [0.1, 0.15) is 52.0 Å². The first-order chi connectivity index (χ1) is 22.5. The molecule has 1 saturated carbocycles. The second-order valence-electron chi connectivity index (χ2n) is 12.9. The average molecular weight is 640 g/mol. The van der Waals surface area contributed by atoms with Crippen molar-refractivity contribution < 1.29 is 19.1 Å². The van der Waals surface area contributed by atoms with Crippen molar-refractivity contribution in [2.75, 3.05) is 17.2 Å². The second kappa shape index (κ2) is 14.5. The molecule has 2 heterocycles. The summed E-state index contributed by atoms with van der Waals surface area (Å²) in [5, 5.41) is 16.9. The number of aromatic amines is 1. The molecule has 13 nitrogen and oxygen atoms in total. The van der Waals surface area contributed by atoms with Gasteiger partial charge in [-0.15, -0.1) is 10.2 Å². The fourth-order valence-corrected chi connectivity index (χ4v) is 5.75. The van der Waals surface area contributed by atoms with E-state index in [9.17, 15) is 14.4 Å². The molecule has 0 unspecified atom stereocenters. The van der Waals surface area contributed by atoms with Crippen LogP contribution in [0, 0.1) is 11.8 Å². The van der Waals surface area contributed by atoms with Crippen LogP contribution < -0.4 is 21.7 Å². The highest BCUT2D eigenvalue weighted by atomic mass is 16.6. The van der Waals surface area contributed by atoms with E-state index in [0.29, 0.717) is 42.1 Å². The Morgan fingerprint density at radius 1 is 1.00 bits per heavy atom. The van der Waals surface area contributed by atoms with Crippen LogP contribution in [0.25, 0.3) is 22.5 Å². The van der Waals surface area contributed by atoms with E-state index in [1.807, 2.05) is 51.1 Å². The third-order valence-electron chi connectivity index (χ3n) is 8.09. The summed E-state index contributed by atoms with van der Waals surface area (Å²) in [5.74, 6) is -0.566. The van der Waals surface area contributed by atoms with Crippen LogP contribution in [0.2, 0.25) is 0 Å². The van der Waals surface area contributed by atoms with E-state index >= 15 is 0 Å². The van der Waals surface area contributed by atoms with Gasteiger partial charge in [-0.3, -0.25) is 14.6 Å². The average Bonchev–Trinajstić information content (AvgIpc) is 3.59. The molecule has 246 valence electrons. The van der Waals surface area contributed by atoms with E-state index in [-0.39, 0.29) is 24.2 Å². The molecule has 0 radical (unpaired) electrons. The summed E-state index contributed by atoms with van der Waals surface area (Å²) in [5.41, 5.74) is 16.1. The number of ether oxygens (including phenoxy) is 1. The molecule has 13 heteroatoms. The topological polar surface area (TPSA) is 195 Å². The molecule has 2 aromatic heterocycles. The highest BCUT2D eigenvalue weighted by Crippen LogP contribution is 2.32. The molecule has 3 amide bonds. The Hall–Kier alpha value is -5.17. The number of anilines is 2. The number of carbonyl (C=O) groups excluding carboxylic acids is 3. The van der Waals surface area contributed by atoms with Gasteiger partial charge in [-0.25, -0.2) is 9.69 Å². The van der Waals surface area contributed by atoms with E-state index in [2.05, 4.69) is 30.9 Å². The lowest BCUT2D eigenvalue weighted by atomic mass is 9.81. The maximum absolute atomic E-state index is 14.1. The van der Waals surface area contributed by atoms with Crippen LogP contribution in [0.5, 0.6) is 0 Å². The summed E-state index contributed by atoms with van der Waals surface area (Å²) in [4.78, 5) is 45.7. The van der Waals surface area contributed by atoms with Gasteiger partial charge in [-0.1, -0.05) is 24.3 Å². The number of aromatic nitrogens is 5. The fraction of sp³-hybridized carbons (Fsp3) is 0.382. The maximum Gasteiger partial charge on any atom is 0.407 e. The second-order valence-corrected chi connectivity index (χ2v) is 12.9. The minimum atomic E-state index is -0.987. The number of nitrogens with one attached hydrogen (secondary N) is 2. The highest BCUT2D eigenvalue weighted by molar-refractivity contribution is 6.17. The van der Waals surface area contributed by atoms with Gasteiger partial charge >= 0.3 is 6.09 Å². The zero-order valence-corrected chi connectivity index (χ0v) is 26.8. The monoisotopic (exact) mass is 639 g/mol. The lowest BCUT2D eigenvalue weighted by molar-refractivity contribution is -0.130. The van der Waals surface area contributed by atoms with E-state index < -0.39 is 23.6 Å². The number of hydrogen-bond acceptors (Lipinski definition) is 10. The van der Waals surface area contributed by atoms with Crippen molar-refractivity contribution in [3.8, 4) is 22.5 Å². The van der Waals surface area contributed by atoms with Crippen molar-refractivity contribution in [1.29, 1.82) is 0 Å². The molecule has 0 spiro atoms. The highest BCUT2D eigenvalue weighted by Gasteiger charge is 2.35. The number of pyridine rings is 1. The Labute approximate surface area is 273 Å². The number of carbonyl (C=O) groups is 3. The molecule has 6 N–H and O–H groups in total. The van der Waals surface area contributed by atoms with Gasteiger partial charge < -0.3 is 21.5 Å². The van der Waals surface area contributed by atoms with Crippen molar-refractivity contribution in [2.45, 2.75) is 64.5 Å². The van der Waals surface area contributed by atoms with Gasteiger partial charge in [0.05, 0.1) is 17.4 Å².